The van der Waals surface area contributed by atoms with E-state index in [1.165, 1.54) is 30.5 Å². The standard InChI is InChI=1S/C17H28N2S/c1-12(2)16-7-18-17(4,15-5-6-15)11-19(16)8-14-10-20-9-13(14)3/h9-10,12,15-16,18H,5-8,11H2,1-4H3. The third-order valence-corrected chi connectivity index (χ3v) is 6.21. The molecule has 0 bridgehead atoms. The van der Waals surface area contributed by atoms with Gasteiger partial charge < -0.3 is 5.32 Å². The highest BCUT2D eigenvalue weighted by atomic mass is 32.1. The number of nitrogens with zero attached hydrogens (tertiary/aromatic N) is 1. The van der Waals surface area contributed by atoms with Crippen LogP contribution in [0.1, 0.15) is 44.7 Å². The predicted molar refractivity (Wildman–Crippen MR) is 87.2 cm³/mol. The van der Waals surface area contributed by atoms with Gasteiger partial charge in [-0.2, -0.15) is 11.3 Å². The zero-order valence-corrected chi connectivity index (χ0v) is 14.1. The van der Waals surface area contributed by atoms with Gasteiger partial charge in [-0.3, -0.25) is 4.90 Å². The van der Waals surface area contributed by atoms with Gasteiger partial charge in [0, 0.05) is 31.2 Å². The summed E-state index contributed by atoms with van der Waals surface area (Å²) in [4.78, 5) is 2.74. The zero-order chi connectivity index (χ0) is 14.3. The number of nitrogens with one attached hydrogen (secondary N) is 1. The fraction of sp³-hybridized carbons (Fsp3) is 0.765. The Labute approximate surface area is 127 Å². The van der Waals surface area contributed by atoms with Crippen LogP contribution in [0.3, 0.4) is 0 Å². The van der Waals surface area contributed by atoms with Crippen molar-refractivity contribution in [2.24, 2.45) is 11.8 Å². The SMILES string of the molecule is Cc1cscc1CN1CC(C)(C2CC2)NCC1C(C)C. The largest absolute Gasteiger partial charge is 0.308 e. The van der Waals surface area contributed by atoms with Gasteiger partial charge >= 0.3 is 0 Å². The lowest BCUT2D eigenvalue weighted by atomic mass is 9.88. The molecule has 1 aromatic heterocycles. The average molecular weight is 292 g/mol. The summed E-state index contributed by atoms with van der Waals surface area (Å²) in [6.07, 6.45) is 2.84. The smallest absolute Gasteiger partial charge is 0.0309 e. The number of thiophene rings is 1. The van der Waals surface area contributed by atoms with Gasteiger partial charge in [-0.25, -0.2) is 0 Å². The third-order valence-electron chi connectivity index (χ3n) is 5.30. The Morgan fingerprint density at radius 1 is 1.40 bits per heavy atom. The van der Waals surface area contributed by atoms with Crippen LogP contribution in [0, 0.1) is 18.8 Å². The third kappa shape index (κ3) is 2.81. The molecule has 2 heterocycles. The van der Waals surface area contributed by atoms with E-state index in [-0.39, 0.29) is 0 Å². The summed E-state index contributed by atoms with van der Waals surface area (Å²) in [5.74, 6) is 1.62. The van der Waals surface area contributed by atoms with Crippen molar-refractivity contribution in [2.75, 3.05) is 13.1 Å². The first kappa shape index (κ1) is 14.6. The van der Waals surface area contributed by atoms with Gasteiger partial charge in [-0.1, -0.05) is 13.8 Å². The molecule has 0 spiro atoms. The Morgan fingerprint density at radius 3 is 2.70 bits per heavy atom. The molecule has 2 atom stereocenters. The Hall–Kier alpha value is -0.380. The van der Waals surface area contributed by atoms with Crippen LogP contribution >= 0.6 is 11.3 Å². The van der Waals surface area contributed by atoms with E-state index < -0.39 is 0 Å². The first-order valence-corrected chi connectivity index (χ1v) is 8.94. The van der Waals surface area contributed by atoms with Crippen molar-refractivity contribution < 1.29 is 0 Å². The van der Waals surface area contributed by atoms with E-state index in [0.29, 0.717) is 17.5 Å². The number of rotatable bonds is 4. The molecule has 1 N–H and O–H groups in total. The highest BCUT2D eigenvalue weighted by molar-refractivity contribution is 7.08. The molecule has 20 heavy (non-hydrogen) atoms. The van der Waals surface area contributed by atoms with Crippen molar-refractivity contribution in [3.05, 3.63) is 21.9 Å². The molecule has 2 unspecified atom stereocenters. The topological polar surface area (TPSA) is 15.3 Å². The van der Waals surface area contributed by atoms with Crippen LogP contribution < -0.4 is 5.32 Å². The van der Waals surface area contributed by atoms with Crippen molar-refractivity contribution in [2.45, 2.75) is 58.7 Å². The number of hydrogen-bond donors (Lipinski definition) is 1. The van der Waals surface area contributed by atoms with Crippen molar-refractivity contribution in [1.82, 2.24) is 10.2 Å². The monoisotopic (exact) mass is 292 g/mol. The Morgan fingerprint density at radius 2 is 2.15 bits per heavy atom. The second kappa shape index (κ2) is 5.43. The molecule has 0 radical (unpaired) electrons. The predicted octanol–water partition coefficient (Wildman–Crippen LogP) is 3.66. The number of piperazine rings is 1. The molecular weight excluding hydrogens is 264 g/mol. The first-order valence-electron chi connectivity index (χ1n) is 8.00. The lowest BCUT2D eigenvalue weighted by molar-refractivity contribution is 0.0462. The summed E-state index contributed by atoms with van der Waals surface area (Å²) in [6.45, 7) is 12.9. The first-order chi connectivity index (χ1) is 9.49. The minimum absolute atomic E-state index is 0.343. The van der Waals surface area contributed by atoms with Gasteiger partial charge in [-0.05, 0) is 60.4 Å². The minimum atomic E-state index is 0.343. The highest BCUT2D eigenvalue weighted by Gasteiger charge is 2.46. The Kier molecular flexibility index (Phi) is 3.95. The second-order valence-electron chi connectivity index (χ2n) is 7.37. The van der Waals surface area contributed by atoms with Gasteiger partial charge in [0.25, 0.3) is 0 Å². The molecule has 2 fully saturated rings. The maximum Gasteiger partial charge on any atom is 0.0309 e. The average Bonchev–Trinajstić information content (AvgIpc) is 3.16. The van der Waals surface area contributed by atoms with Crippen molar-refractivity contribution >= 4 is 11.3 Å². The van der Waals surface area contributed by atoms with Gasteiger partial charge in [0.05, 0.1) is 0 Å². The van der Waals surface area contributed by atoms with Gasteiger partial charge in [0.1, 0.15) is 0 Å². The van der Waals surface area contributed by atoms with Crippen LogP contribution in [0.25, 0.3) is 0 Å². The lowest BCUT2D eigenvalue weighted by Crippen LogP contribution is -2.64. The molecule has 2 aliphatic rings. The summed E-state index contributed by atoms with van der Waals surface area (Å²) in [5, 5.41) is 8.49. The normalized spacial score (nSPS) is 31.9. The van der Waals surface area contributed by atoms with Gasteiger partial charge in [0.2, 0.25) is 0 Å². The summed E-state index contributed by atoms with van der Waals surface area (Å²) in [5.41, 5.74) is 3.33. The summed E-state index contributed by atoms with van der Waals surface area (Å²) in [7, 11) is 0. The maximum atomic E-state index is 3.87. The molecule has 1 aliphatic heterocycles. The quantitative estimate of drug-likeness (QED) is 0.911. The molecule has 2 nitrogen and oxygen atoms in total. The van der Waals surface area contributed by atoms with Crippen molar-refractivity contribution in [3.8, 4) is 0 Å². The molecule has 0 amide bonds. The Balaban J connectivity index is 1.77. The Bertz CT molecular complexity index is 463. The van der Waals surface area contributed by atoms with E-state index in [1.54, 1.807) is 0 Å². The molecular formula is C17H28N2S. The van der Waals surface area contributed by atoms with E-state index in [2.05, 4.69) is 48.7 Å². The fourth-order valence-electron chi connectivity index (χ4n) is 3.65. The molecule has 3 heteroatoms. The highest BCUT2D eigenvalue weighted by Crippen LogP contribution is 2.42. The summed E-state index contributed by atoms with van der Waals surface area (Å²) < 4.78 is 0. The molecule has 3 rings (SSSR count). The number of aryl methyl sites for hydroxylation is 1. The van der Waals surface area contributed by atoms with E-state index >= 15 is 0 Å². The van der Waals surface area contributed by atoms with Crippen LogP contribution in [-0.4, -0.2) is 29.6 Å². The van der Waals surface area contributed by atoms with Crippen molar-refractivity contribution in [1.29, 1.82) is 0 Å². The van der Waals surface area contributed by atoms with Crippen LogP contribution in [-0.2, 0) is 6.54 Å². The van der Waals surface area contributed by atoms with E-state index in [1.807, 2.05) is 11.3 Å². The molecule has 112 valence electrons. The van der Waals surface area contributed by atoms with E-state index in [4.69, 9.17) is 0 Å². The maximum absolute atomic E-state index is 3.87. The molecule has 1 aromatic rings. The van der Waals surface area contributed by atoms with Crippen LogP contribution in [0.15, 0.2) is 10.8 Å². The summed E-state index contributed by atoms with van der Waals surface area (Å²) in [6, 6.07) is 0.668. The van der Waals surface area contributed by atoms with Crippen LogP contribution in [0.5, 0.6) is 0 Å². The molecule has 1 saturated carbocycles. The van der Waals surface area contributed by atoms with Gasteiger partial charge in [-0.15, -0.1) is 0 Å². The van der Waals surface area contributed by atoms with E-state index in [0.717, 1.165) is 19.0 Å². The zero-order valence-electron chi connectivity index (χ0n) is 13.3. The second-order valence-corrected chi connectivity index (χ2v) is 8.11. The minimum Gasteiger partial charge on any atom is -0.308 e. The molecule has 0 aromatic carbocycles. The summed E-state index contributed by atoms with van der Waals surface area (Å²) >= 11 is 1.84. The molecule has 1 aliphatic carbocycles. The van der Waals surface area contributed by atoms with Gasteiger partial charge in [0.15, 0.2) is 0 Å². The number of hydrogen-bond acceptors (Lipinski definition) is 3. The van der Waals surface area contributed by atoms with Crippen molar-refractivity contribution in [3.63, 3.8) is 0 Å². The fourth-order valence-corrected chi connectivity index (χ4v) is 4.50. The van der Waals surface area contributed by atoms with E-state index in [9.17, 15) is 0 Å². The lowest BCUT2D eigenvalue weighted by Gasteiger charge is -2.48. The van der Waals surface area contributed by atoms with Crippen LogP contribution in [0.4, 0.5) is 0 Å². The molecule has 1 saturated heterocycles. The van der Waals surface area contributed by atoms with Crippen LogP contribution in [0.2, 0.25) is 0 Å².